The maximum atomic E-state index is 15.5. The van der Waals surface area contributed by atoms with Gasteiger partial charge in [-0.05, 0) is 63.6 Å². The van der Waals surface area contributed by atoms with Gasteiger partial charge in [0.05, 0.1) is 46.3 Å². The van der Waals surface area contributed by atoms with Crippen LogP contribution in [0.25, 0.3) is 33.1 Å². The molecule has 2 aliphatic heterocycles. The molecule has 5 heterocycles. The molecule has 8 nitrogen and oxygen atoms in total. The van der Waals surface area contributed by atoms with E-state index in [9.17, 15) is 4.79 Å². The molecule has 3 aliphatic rings. The van der Waals surface area contributed by atoms with E-state index < -0.39 is 5.82 Å². The molecule has 0 unspecified atom stereocenters. The minimum Gasteiger partial charge on any atom is -0.490 e. The van der Waals surface area contributed by atoms with Crippen LogP contribution < -0.4 is 15.2 Å². The predicted molar refractivity (Wildman–Crippen MR) is 143 cm³/mol. The Morgan fingerprint density at radius 3 is 2.71 bits per heavy atom. The summed E-state index contributed by atoms with van der Waals surface area (Å²) < 4.78 is 30.9. The summed E-state index contributed by atoms with van der Waals surface area (Å²) in [5.74, 6) is 0.474. The average Bonchev–Trinajstić information content (AvgIpc) is 3.65. The average molecular weight is 518 g/mol. The van der Waals surface area contributed by atoms with Gasteiger partial charge in [0.15, 0.2) is 0 Å². The number of hydrogen-bond donors (Lipinski definition) is 0. The zero-order valence-electron chi connectivity index (χ0n) is 21.9. The third kappa shape index (κ3) is 3.78. The van der Waals surface area contributed by atoms with Crippen molar-refractivity contribution in [1.29, 1.82) is 0 Å². The number of likely N-dealkylation sites (tertiary alicyclic amines) is 1. The fourth-order valence-corrected chi connectivity index (χ4v) is 6.22. The number of imidazole rings is 1. The molecule has 0 amide bonds. The normalized spacial score (nSPS) is 20.2. The van der Waals surface area contributed by atoms with Gasteiger partial charge in [0.1, 0.15) is 18.2 Å². The summed E-state index contributed by atoms with van der Waals surface area (Å²) in [6.45, 7) is 6.22. The number of aryl methyl sites for hydroxylation is 1. The molecule has 0 radical (unpaired) electrons. The third-order valence-electron chi connectivity index (χ3n) is 8.79. The van der Waals surface area contributed by atoms with Gasteiger partial charge in [0.2, 0.25) is 5.88 Å². The van der Waals surface area contributed by atoms with Gasteiger partial charge >= 0.3 is 5.69 Å². The Morgan fingerprint density at radius 1 is 1.16 bits per heavy atom. The quantitative estimate of drug-likeness (QED) is 0.346. The number of rotatable bonds is 6. The molecule has 3 aromatic heterocycles. The fourth-order valence-electron chi connectivity index (χ4n) is 6.22. The van der Waals surface area contributed by atoms with Gasteiger partial charge in [-0.1, -0.05) is 0 Å². The standard InChI is InChI=1S/C29H32FN5O3/c1-18-17-38-27-24(20(30)14-21-25(27)26-22(16-31-21)33(2)28(36)35(18)26)19-4-5-23(32-15-19)37-13-3-10-34-11-8-29(6-7-29)9-12-34/h4-5,14-16,18H,3,6-13,17H2,1-2H3/t18-/m0/s1. The Hall–Kier alpha value is -3.46. The second-order valence-electron chi connectivity index (χ2n) is 11.2. The van der Waals surface area contributed by atoms with Crippen LogP contribution in [-0.4, -0.2) is 56.9 Å². The minimum absolute atomic E-state index is 0.139. The van der Waals surface area contributed by atoms with Gasteiger partial charge < -0.3 is 14.4 Å². The highest BCUT2D eigenvalue weighted by Crippen LogP contribution is 2.53. The first-order valence-corrected chi connectivity index (χ1v) is 13.6. The molecule has 0 N–H and O–H groups in total. The number of benzene rings is 1. The fraction of sp³-hybridized carbons (Fsp3) is 0.483. The van der Waals surface area contributed by atoms with Crippen LogP contribution in [0.1, 0.15) is 45.1 Å². The number of aromatic nitrogens is 4. The van der Waals surface area contributed by atoms with Gasteiger partial charge in [-0.3, -0.25) is 14.1 Å². The van der Waals surface area contributed by atoms with Crippen LogP contribution in [0.5, 0.6) is 11.6 Å². The number of hydrogen-bond acceptors (Lipinski definition) is 6. The Bertz CT molecular complexity index is 1600. The first-order chi connectivity index (χ1) is 18.4. The second-order valence-corrected chi connectivity index (χ2v) is 11.2. The maximum absolute atomic E-state index is 15.5. The number of ether oxygens (including phenoxy) is 2. The van der Waals surface area contributed by atoms with Crippen molar-refractivity contribution in [1.82, 2.24) is 24.0 Å². The predicted octanol–water partition coefficient (Wildman–Crippen LogP) is 4.69. The van der Waals surface area contributed by atoms with E-state index in [4.69, 9.17) is 9.47 Å². The van der Waals surface area contributed by atoms with E-state index in [1.54, 1.807) is 34.6 Å². The molecule has 0 bridgehead atoms. The van der Waals surface area contributed by atoms with Gasteiger partial charge in [-0.2, -0.15) is 0 Å². The Morgan fingerprint density at radius 2 is 1.97 bits per heavy atom. The van der Waals surface area contributed by atoms with Crippen LogP contribution in [-0.2, 0) is 7.05 Å². The van der Waals surface area contributed by atoms with E-state index in [1.165, 1.54) is 44.8 Å². The van der Waals surface area contributed by atoms with Crippen molar-refractivity contribution in [3.05, 3.63) is 46.9 Å². The van der Waals surface area contributed by atoms with E-state index in [-0.39, 0.29) is 18.3 Å². The molecule has 198 valence electrons. The monoisotopic (exact) mass is 517 g/mol. The zero-order valence-corrected chi connectivity index (χ0v) is 21.9. The molecule has 1 saturated heterocycles. The molecule has 7 rings (SSSR count). The van der Waals surface area contributed by atoms with Crippen molar-refractivity contribution in [3.63, 3.8) is 0 Å². The molecule has 1 aromatic carbocycles. The van der Waals surface area contributed by atoms with Crippen LogP contribution in [0.2, 0.25) is 0 Å². The molecule has 1 spiro atoms. The molecule has 1 atom stereocenters. The number of piperidine rings is 1. The first kappa shape index (κ1) is 23.6. The van der Waals surface area contributed by atoms with Gasteiger partial charge in [0, 0.05) is 37.5 Å². The maximum Gasteiger partial charge on any atom is 0.329 e. The highest BCUT2D eigenvalue weighted by molar-refractivity contribution is 6.09. The molecule has 1 aliphatic carbocycles. The van der Waals surface area contributed by atoms with Crippen LogP contribution in [0, 0.1) is 11.2 Å². The van der Waals surface area contributed by atoms with Crippen LogP contribution in [0.15, 0.2) is 35.4 Å². The molecule has 1 saturated carbocycles. The Labute approximate surface area is 220 Å². The van der Waals surface area contributed by atoms with Crippen molar-refractivity contribution in [2.24, 2.45) is 12.5 Å². The topological polar surface area (TPSA) is 74.4 Å². The van der Waals surface area contributed by atoms with Crippen molar-refractivity contribution in [3.8, 4) is 22.8 Å². The highest BCUT2D eigenvalue weighted by atomic mass is 19.1. The van der Waals surface area contributed by atoms with Gasteiger partial charge in [0.25, 0.3) is 0 Å². The highest BCUT2D eigenvalue weighted by Gasteiger charge is 2.44. The van der Waals surface area contributed by atoms with E-state index >= 15 is 4.39 Å². The second kappa shape index (κ2) is 8.80. The molecular formula is C29H32FN5O3. The lowest BCUT2D eigenvalue weighted by molar-refractivity contribution is 0.160. The van der Waals surface area contributed by atoms with Gasteiger partial charge in [-0.25, -0.2) is 14.2 Å². The Balaban J connectivity index is 1.13. The summed E-state index contributed by atoms with van der Waals surface area (Å²) in [7, 11) is 1.73. The van der Waals surface area contributed by atoms with Crippen LogP contribution in [0.3, 0.4) is 0 Å². The van der Waals surface area contributed by atoms with E-state index in [0.717, 1.165) is 18.5 Å². The van der Waals surface area contributed by atoms with Gasteiger partial charge in [-0.15, -0.1) is 0 Å². The number of pyridine rings is 2. The molecule has 4 aromatic rings. The molecule has 2 fully saturated rings. The summed E-state index contributed by atoms with van der Waals surface area (Å²) in [5.41, 5.74) is 3.34. The number of nitrogens with zero attached hydrogens (tertiary/aromatic N) is 5. The third-order valence-corrected chi connectivity index (χ3v) is 8.79. The summed E-state index contributed by atoms with van der Waals surface area (Å²) in [6.07, 6.45) is 9.74. The zero-order chi connectivity index (χ0) is 26.0. The van der Waals surface area contributed by atoms with Crippen molar-refractivity contribution in [2.75, 3.05) is 32.8 Å². The van der Waals surface area contributed by atoms with E-state index in [2.05, 4.69) is 14.9 Å². The summed E-state index contributed by atoms with van der Waals surface area (Å²) in [4.78, 5) is 24.4. The first-order valence-electron chi connectivity index (χ1n) is 13.6. The lowest BCUT2D eigenvalue weighted by Gasteiger charge is -2.31. The van der Waals surface area contributed by atoms with Crippen LogP contribution >= 0.6 is 0 Å². The molecule has 38 heavy (non-hydrogen) atoms. The smallest absolute Gasteiger partial charge is 0.329 e. The SMILES string of the molecule is C[C@H]1COc2c(-c3ccc(OCCCN4CCC5(CC4)CC5)nc3)c(F)cc3ncc4c(c23)n1c(=O)n4C. The van der Waals surface area contributed by atoms with E-state index in [0.29, 0.717) is 51.2 Å². The summed E-state index contributed by atoms with van der Waals surface area (Å²) in [5, 5.41) is 0.645. The molecular weight excluding hydrogens is 485 g/mol. The summed E-state index contributed by atoms with van der Waals surface area (Å²) in [6, 6.07) is 4.78. The lowest BCUT2D eigenvalue weighted by atomic mass is 9.94. The van der Waals surface area contributed by atoms with Crippen LogP contribution in [0.4, 0.5) is 4.39 Å². The Kier molecular flexibility index (Phi) is 5.47. The van der Waals surface area contributed by atoms with E-state index in [1.807, 2.05) is 13.0 Å². The minimum atomic E-state index is -0.441. The summed E-state index contributed by atoms with van der Waals surface area (Å²) >= 11 is 0. The largest absolute Gasteiger partial charge is 0.490 e. The number of halogens is 1. The van der Waals surface area contributed by atoms with Crippen molar-refractivity contribution >= 4 is 21.9 Å². The lowest BCUT2D eigenvalue weighted by Crippen LogP contribution is -2.35. The molecule has 9 heteroatoms. The van der Waals surface area contributed by atoms with Crippen molar-refractivity contribution < 1.29 is 13.9 Å². The van der Waals surface area contributed by atoms with Crippen molar-refractivity contribution in [2.45, 2.75) is 45.1 Å².